The molecule has 0 atom stereocenters. The van der Waals surface area contributed by atoms with Crippen LogP contribution in [0.2, 0.25) is 5.02 Å². The Morgan fingerprint density at radius 1 is 1.23 bits per heavy atom. The van der Waals surface area contributed by atoms with Gasteiger partial charge in [-0.1, -0.05) is 11.6 Å². The lowest BCUT2D eigenvalue weighted by atomic mass is 10.3. The molecule has 0 saturated carbocycles. The molecular weight excluding hydrogens is 218 g/mol. The van der Waals surface area contributed by atoms with Gasteiger partial charge in [0.1, 0.15) is 0 Å². The van der Waals surface area contributed by atoms with Crippen LogP contribution in [0.25, 0.3) is 0 Å². The first kappa shape index (κ1) is 8.46. The average molecular weight is 222 g/mol. The molecule has 7 heteroatoms. The summed E-state index contributed by atoms with van der Waals surface area (Å²) in [6.07, 6.45) is 0. The van der Waals surface area contributed by atoms with E-state index < -0.39 is 10.4 Å². The van der Waals surface area contributed by atoms with Gasteiger partial charge in [-0.05, 0) is 12.1 Å². The molecule has 13 heavy (non-hydrogen) atoms. The van der Waals surface area contributed by atoms with Crippen LogP contribution in [0.3, 0.4) is 0 Å². The van der Waals surface area contributed by atoms with E-state index >= 15 is 0 Å². The van der Waals surface area contributed by atoms with Crippen molar-refractivity contribution in [2.75, 3.05) is 5.73 Å². The van der Waals surface area contributed by atoms with Gasteiger partial charge in [0, 0.05) is 0 Å². The fourth-order valence-corrected chi connectivity index (χ4v) is 1.95. The monoisotopic (exact) mass is 221 g/mol. The summed E-state index contributed by atoms with van der Waals surface area (Å²) in [4.78, 5) is 0. The van der Waals surface area contributed by atoms with E-state index in [1.54, 1.807) is 0 Å². The molecule has 0 unspecified atom stereocenters. The van der Waals surface area contributed by atoms with Crippen LogP contribution in [-0.2, 0) is 10.4 Å². The van der Waals surface area contributed by atoms with Crippen LogP contribution in [0.1, 0.15) is 0 Å². The Kier molecular flexibility index (Phi) is 1.58. The molecule has 1 aromatic carbocycles. The Balaban J connectivity index is 2.69. The van der Waals surface area contributed by atoms with Crippen molar-refractivity contribution in [3.63, 3.8) is 0 Å². The standard InChI is InChI=1S/C6H4ClNO4S/c7-3-1-2-4(8)6-5(3)11-13(9,10)12-6/h1-2H,8H2. The molecule has 0 spiro atoms. The molecule has 0 aromatic heterocycles. The van der Waals surface area contributed by atoms with Gasteiger partial charge in [0.05, 0.1) is 10.7 Å². The zero-order valence-electron chi connectivity index (χ0n) is 6.15. The number of nitrogens with two attached hydrogens (primary N) is 1. The highest BCUT2D eigenvalue weighted by atomic mass is 35.5. The molecule has 2 rings (SSSR count). The topological polar surface area (TPSA) is 78.6 Å². The third kappa shape index (κ3) is 1.27. The van der Waals surface area contributed by atoms with Gasteiger partial charge in [-0.3, -0.25) is 0 Å². The van der Waals surface area contributed by atoms with E-state index in [0.29, 0.717) is 0 Å². The highest BCUT2D eigenvalue weighted by Gasteiger charge is 2.32. The van der Waals surface area contributed by atoms with Crippen molar-refractivity contribution in [1.29, 1.82) is 0 Å². The van der Waals surface area contributed by atoms with Crippen LogP contribution in [0.15, 0.2) is 12.1 Å². The third-order valence-corrected chi connectivity index (χ3v) is 2.50. The first-order valence-corrected chi connectivity index (χ1v) is 4.92. The molecule has 5 nitrogen and oxygen atoms in total. The number of hydrogen-bond acceptors (Lipinski definition) is 5. The second-order valence-corrected chi connectivity index (χ2v) is 3.93. The number of anilines is 1. The van der Waals surface area contributed by atoms with Crippen LogP contribution in [0.5, 0.6) is 11.5 Å². The van der Waals surface area contributed by atoms with Crippen LogP contribution in [0, 0.1) is 0 Å². The van der Waals surface area contributed by atoms with E-state index in [-0.39, 0.29) is 22.2 Å². The van der Waals surface area contributed by atoms with Crippen LogP contribution in [-0.4, -0.2) is 8.42 Å². The fourth-order valence-electron chi connectivity index (χ4n) is 0.939. The minimum absolute atomic E-state index is 0.0486. The zero-order chi connectivity index (χ0) is 9.64. The predicted molar refractivity (Wildman–Crippen MR) is 46.0 cm³/mol. The molecule has 0 bridgehead atoms. The molecule has 0 saturated heterocycles. The molecule has 0 amide bonds. The summed E-state index contributed by atoms with van der Waals surface area (Å²) in [5.41, 5.74) is 5.60. The average Bonchev–Trinajstić information content (AvgIpc) is 2.35. The lowest BCUT2D eigenvalue weighted by Crippen LogP contribution is -2.08. The maximum atomic E-state index is 10.8. The lowest BCUT2D eigenvalue weighted by molar-refractivity contribution is 0.437. The van der Waals surface area contributed by atoms with Crippen LogP contribution in [0.4, 0.5) is 5.69 Å². The van der Waals surface area contributed by atoms with E-state index in [1.807, 2.05) is 0 Å². The van der Waals surface area contributed by atoms with Crippen molar-refractivity contribution in [3.8, 4) is 11.5 Å². The Hall–Kier alpha value is -1.14. The summed E-state index contributed by atoms with van der Waals surface area (Å²) in [7, 11) is -4.01. The van der Waals surface area contributed by atoms with E-state index in [4.69, 9.17) is 17.3 Å². The summed E-state index contributed by atoms with van der Waals surface area (Å²) < 4.78 is 30.6. The molecule has 0 radical (unpaired) electrons. The molecule has 1 aliphatic heterocycles. The largest absolute Gasteiger partial charge is 0.501 e. The third-order valence-electron chi connectivity index (χ3n) is 1.47. The number of rotatable bonds is 0. The summed E-state index contributed by atoms with van der Waals surface area (Å²) in [6.45, 7) is 0. The lowest BCUT2D eigenvalue weighted by Gasteiger charge is -1.97. The second-order valence-electron chi connectivity index (χ2n) is 2.37. The molecule has 1 aliphatic rings. The molecular formula is C6H4ClNO4S. The molecule has 1 heterocycles. The predicted octanol–water partition coefficient (Wildman–Crippen LogP) is 0.938. The Morgan fingerprint density at radius 3 is 2.46 bits per heavy atom. The molecule has 0 fully saturated rings. The van der Waals surface area contributed by atoms with Gasteiger partial charge in [0.25, 0.3) is 0 Å². The first-order valence-electron chi connectivity index (χ1n) is 3.21. The first-order chi connectivity index (χ1) is 5.99. The molecule has 70 valence electrons. The van der Waals surface area contributed by atoms with Gasteiger partial charge >= 0.3 is 10.4 Å². The summed E-state index contributed by atoms with van der Waals surface area (Å²) in [6, 6.07) is 2.87. The number of benzene rings is 1. The van der Waals surface area contributed by atoms with Crippen molar-refractivity contribution in [1.82, 2.24) is 0 Å². The number of hydrogen-bond donors (Lipinski definition) is 1. The number of nitrogen functional groups attached to an aromatic ring is 1. The van der Waals surface area contributed by atoms with Gasteiger partial charge in [0.2, 0.25) is 11.5 Å². The number of halogens is 1. The normalized spacial score (nSPS) is 17.3. The maximum Gasteiger partial charge on any atom is 0.501 e. The SMILES string of the molecule is Nc1ccc(Cl)c2c1OS(=O)(=O)O2. The van der Waals surface area contributed by atoms with Gasteiger partial charge in [0.15, 0.2) is 0 Å². The van der Waals surface area contributed by atoms with Crippen molar-refractivity contribution >= 4 is 27.7 Å². The Bertz CT molecular complexity index is 433. The van der Waals surface area contributed by atoms with E-state index in [9.17, 15) is 8.42 Å². The minimum atomic E-state index is -4.01. The molecule has 1 aromatic rings. The van der Waals surface area contributed by atoms with Crippen molar-refractivity contribution in [2.24, 2.45) is 0 Å². The smallest absolute Gasteiger partial charge is 0.396 e. The van der Waals surface area contributed by atoms with Gasteiger partial charge < -0.3 is 14.1 Å². The van der Waals surface area contributed by atoms with Gasteiger partial charge in [-0.25, -0.2) is 0 Å². The summed E-state index contributed by atoms with van der Waals surface area (Å²) in [5.74, 6) is -0.103. The van der Waals surface area contributed by atoms with Crippen molar-refractivity contribution in [3.05, 3.63) is 17.2 Å². The van der Waals surface area contributed by atoms with E-state index in [1.165, 1.54) is 12.1 Å². The van der Waals surface area contributed by atoms with E-state index in [2.05, 4.69) is 8.37 Å². The van der Waals surface area contributed by atoms with Gasteiger partial charge in [-0.2, -0.15) is 0 Å². The minimum Gasteiger partial charge on any atom is -0.396 e. The molecule has 2 N–H and O–H groups in total. The number of fused-ring (bicyclic) bond motifs is 1. The van der Waals surface area contributed by atoms with E-state index in [0.717, 1.165) is 0 Å². The maximum absolute atomic E-state index is 10.8. The summed E-state index contributed by atoms with van der Waals surface area (Å²) in [5, 5.41) is 0.144. The van der Waals surface area contributed by atoms with Crippen molar-refractivity contribution < 1.29 is 16.8 Å². The second kappa shape index (κ2) is 2.43. The highest BCUT2D eigenvalue weighted by Crippen LogP contribution is 2.45. The fraction of sp³-hybridized carbons (Fsp3) is 0. The quantitative estimate of drug-likeness (QED) is 0.660. The Morgan fingerprint density at radius 2 is 1.85 bits per heavy atom. The van der Waals surface area contributed by atoms with Crippen LogP contribution >= 0.6 is 11.6 Å². The van der Waals surface area contributed by atoms with Crippen molar-refractivity contribution in [2.45, 2.75) is 0 Å². The highest BCUT2D eigenvalue weighted by molar-refractivity contribution is 7.82. The Labute approximate surface area is 79.3 Å². The van der Waals surface area contributed by atoms with Crippen LogP contribution < -0.4 is 14.1 Å². The zero-order valence-corrected chi connectivity index (χ0v) is 7.72. The van der Waals surface area contributed by atoms with Gasteiger partial charge in [-0.15, -0.1) is 8.42 Å². The molecule has 0 aliphatic carbocycles. The summed E-state index contributed by atoms with van der Waals surface area (Å²) >= 11 is 5.64.